The van der Waals surface area contributed by atoms with E-state index in [1.807, 2.05) is 13.8 Å². The van der Waals surface area contributed by atoms with Crippen LogP contribution >= 0.6 is 0 Å². The molecule has 13 heteroatoms. The Morgan fingerprint density at radius 3 is 2.40 bits per heavy atom. The number of aromatic nitrogens is 2. The fourth-order valence-electron chi connectivity index (χ4n) is 4.34. The summed E-state index contributed by atoms with van der Waals surface area (Å²) in [5.41, 5.74) is 7.71. The predicted octanol–water partition coefficient (Wildman–Crippen LogP) is 6.58. The molecule has 2 aliphatic rings. The van der Waals surface area contributed by atoms with Crippen LogP contribution in [0.5, 0.6) is 0 Å². The summed E-state index contributed by atoms with van der Waals surface area (Å²) in [4.78, 5) is 22.5. The molecule has 0 amide bonds. The average Bonchev–Trinajstić information content (AvgIpc) is 3.18. The van der Waals surface area contributed by atoms with Gasteiger partial charge >= 0.3 is 6.16 Å². The van der Waals surface area contributed by atoms with Crippen LogP contribution in [-0.4, -0.2) is 59.5 Å². The predicted molar refractivity (Wildman–Crippen MR) is 152 cm³/mol. The van der Waals surface area contributed by atoms with Gasteiger partial charge in [0.25, 0.3) is 0 Å². The van der Waals surface area contributed by atoms with Crippen molar-refractivity contribution in [3.63, 3.8) is 0 Å². The Kier molecular flexibility index (Phi) is 24.2. The Hall–Kier alpha value is -1.51. The number of nitrogens with one attached hydrogen (secondary N) is 1. The van der Waals surface area contributed by atoms with Gasteiger partial charge in [-0.1, -0.05) is 64.7 Å². The summed E-state index contributed by atoms with van der Waals surface area (Å²) in [7, 11) is 0. The maximum Gasteiger partial charge on any atom is 0.510 e. The minimum Gasteiger partial charge on any atom is -0.480 e. The molecule has 244 valence electrons. The third-order valence-electron chi connectivity index (χ3n) is 6.68. The molecule has 3 heterocycles. The molecule has 3 atom stereocenters. The first-order chi connectivity index (χ1) is 18.8. The molecule has 10 nitrogen and oxygen atoms in total. The number of rotatable bonds is 13. The number of terminal acetylenes is 1. The summed E-state index contributed by atoms with van der Waals surface area (Å²) in [5, 5.41) is 0. The second kappa shape index (κ2) is 23.9. The standard InChI is InChI=1S/C20H34O5.C9H10FN4.2Ir.H2O/c1-4-6-7-8-9-10-11-12-15-23-19(21)24-17-22-16-20(5-2)14-13-18(3)25-20;1-5-2-3-6-7(12-4-5)8(11)14-9(10)13-6;;;/h2,18H,4,6-17H2,1,3H3;4-5H,2-3H2,1H3,(H-,11,13,14);;;1H2/q;-1;;;. The molecule has 1 saturated heterocycles. The van der Waals surface area contributed by atoms with E-state index < -0.39 is 17.8 Å². The number of nitrogens with zero attached hydrogens (tertiary/aromatic N) is 3. The number of unbranched alkanes of at least 4 members (excludes halogenated alkanes) is 7. The molecule has 1 aromatic rings. The van der Waals surface area contributed by atoms with Crippen LogP contribution in [0.25, 0.3) is 5.73 Å². The minimum absolute atomic E-state index is 0. The molecular formula is C29H46FIr2N4O6-. The second-order valence-electron chi connectivity index (χ2n) is 10.2. The molecule has 0 bridgehead atoms. The summed E-state index contributed by atoms with van der Waals surface area (Å²) in [5.74, 6) is 2.86. The van der Waals surface area contributed by atoms with Gasteiger partial charge in [-0.2, -0.15) is 4.39 Å². The fourth-order valence-corrected chi connectivity index (χ4v) is 4.34. The van der Waals surface area contributed by atoms with Crippen LogP contribution < -0.4 is 0 Å². The average molecular weight is 950 g/mol. The normalized spacial score (nSPS) is 20.2. The number of hydrogen-bond acceptors (Lipinski definition) is 8. The van der Waals surface area contributed by atoms with Gasteiger partial charge in [0.05, 0.1) is 30.7 Å². The van der Waals surface area contributed by atoms with Crippen LogP contribution in [0.3, 0.4) is 0 Å². The van der Waals surface area contributed by atoms with Gasteiger partial charge in [0.2, 0.25) is 6.08 Å². The summed E-state index contributed by atoms with van der Waals surface area (Å²) in [6.45, 7) is 6.68. The third kappa shape index (κ3) is 16.4. The van der Waals surface area contributed by atoms with E-state index in [4.69, 9.17) is 31.1 Å². The van der Waals surface area contributed by atoms with Crippen molar-refractivity contribution in [2.75, 3.05) is 20.0 Å². The van der Waals surface area contributed by atoms with Crippen molar-refractivity contribution < 1.29 is 73.8 Å². The van der Waals surface area contributed by atoms with Crippen molar-refractivity contribution >= 4 is 23.9 Å². The van der Waals surface area contributed by atoms with Crippen LogP contribution in [0.4, 0.5) is 20.7 Å². The summed E-state index contributed by atoms with van der Waals surface area (Å²) in [6.07, 6.45) is 18.7. The Balaban J connectivity index is 0. The quantitative estimate of drug-likeness (QED) is 0.0714. The van der Waals surface area contributed by atoms with Gasteiger partial charge in [0, 0.05) is 46.4 Å². The number of carbonyl (C=O) groups excluding carboxylic acids is 1. The van der Waals surface area contributed by atoms with Gasteiger partial charge in [-0.05, 0) is 50.8 Å². The zero-order chi connectivity index (χ0) is 28.5. The molecule has 1 fully saturated rings. The Labute approximate surface area is 276 Å². The number of aryl methyl sites for hydroxylation is 1. The van der Waals surface area contributed by atoms with Gasteiger partial charge < -0.3 is 35.1 Å². The number of hydrogen-bond donors (Lipinski definition) is 0. The van der Waals surface area contributed by atoms with Gasteiger partial charge in [-0.3, -0.25) is 4.99 Å². The summed E-state index contributed by atoms with van der Waals surface area (Å²) >= 11 is 0. The molecule has 3 N–H and O–H groups in total. The van der Waals surface area contributed by atoms with E-state index in [9.17, 15) is 9.18 Å². The van der Waals surface area contributed by atoms with Crippen molar-refractivity contribution in [1.82, 2.24) is 9.97 Å². The van der Waals surface area contributed by atoms with Crippen molar-refractivity contribution in [3.05, 3.63) is 17.5 Å². The molecule has 1 aromatic heterocycles. The number of fused-ring (bicyclic) bond motifs is 1. The molecule has 0 spiro atoms. The molecule has 0 aromatic carbocycles. The van der Waals surface area contributed by atoms with E-state index in [2.05, 4.69) is 27.8 Å². The van der Waals surface area contributed by atoms with Crippen LogP contribution in [-0.2, 0) is 65.6 Å². The molecule has 42 heavy (non-hydrogen) atoms. The zero-order valence-corrected chi connectivity index (χ0v) is 29.6. The first kappa shape index (κ1) is 42.6. The molecule has 0 aliphatic carbocycles. The van der Waals surface area contributed by atoms with Gasteiger partial charge in [-0.25, -0.2) is 9.78 Å². The van der Waals surface area contributed by atoms with Crippen molar-refractivity contribution in [1.29, 1.82) is 0 Å². The minimum atomic E-state index is -0.835. The number of ether oxygens (including phenoxy) is 4. The molecule has 3 unspecified atom stereocenters. The van der Waals surface area contributed by atoms with E-state index in [0.717, 1.165) is 32.1 Å². The Morgan fingerprint density at radius 2 is 1.79 bits per heavy atom. The zero-order valence-electron chi connectivity index (χ0n) is 24.8. The van der Waals surface area contributed by atoms with Gasteiger partial charge in [0.15, 0.2) is 12.4 Å². The van der Waals surface area contributed by atoms with E-state index in [-0.39, 0.29) is 71.0 Å². The smallest absolute Gasteiger partial charge is 0.480 e. The molecular weight excluding hydrogens is 904 g/mol. The fraction of sp³-hybridized carbons (Fsp3) is 0.724. The number of halogens is 1. The van der Waals surface area contributed by atoms with Crippen LogP contribution in [0.15, 0.2) is 4.99 Å². The summed E-state index contributed by atoms with van der Waals surface area (Å²) in [6, 6.07) is 0. The van der Waals surface area contributed by atoms with E-state index >= 15 is 0 Å². The monoisotopic (exact) mass is 951 g/mol. The van der Waals surface area contributed by atoms with E-state index in [1.165, 1.54) is 38.5 Å². The summed E-state index contributed by atoms with van der Waals surface area (Å²) < 4.78 is 33.7. The first-order valence-electron chi connectivity index (χ1n) is 14.1. The molecule has 2 radical (unpaired) electrons. The maximum atomic E-state index is 12.8. The topological polar surface area (TPSA) is 147 Å². The van der Waals surface area contributed by atoms with Crippen molar-refractivity contribution in [2.45, 2.75) is 110 Å². The van der Waals surface area contributed by atoms with E-state index in [1.54, 1.807) is 6.21 Å². The van der Waals surface area contributed by atoms with Gasteiger partial charge in [0.1, 0.15) is 0 Å². The van der Waals surface area contributed by atoms with Gasteiger partial charge in [-0.15, -0.1) is 6.42 Å². The van der Waals surface area contributed by atoms with Crippen molar-refractivity contribution in [2.24, 2.45) is 10.9 Å². The SMILES string of the molecule is C#CC1(COCOC(=O)OCCCCCCCCCC)CCC(C)O1.CC1C=Nc2c([NH-])nc(F)nc2CC1.O.[Ir].[Ir]. The van der Waals surface area contributed by atoms with Crippen LogP contribution in [0.1, 0.15) is 97.1 Å². The largest absolute Gasteiger partial charge is 0.510 e. The van der Waals surface area contributed by atoms with Crippen LogP contribution in [0.2, 0.25) is 0 Å². The Bertz CT molecular complexity index is 969. The van der Waals surface area contributed by atoms with Crippen molar-refractivity contribution in [3.8, 4) is 12.3 Å². The molecule has 2 aliphatic heterocycles. The molecule has 0 saturated carbocycles. The number of carbonyl (C=O) groups is 1. The molecule has 3 rings (SSSR count). The third-order valence-corrected chi connectivity index (χ3v) is 6.68. The van der Waals surface area contributed by atoms with Crippen LogP contribution in [0, 0.1) is 24.3 Å². The van der Waals surface area contributed by atoms with E-state index in [0.29, 0.717) is 30.3 Å². The second-order valence-corrected chi connectivity index (χ2v) is 10.2. The Morgan fingerprint density at radius 1 is 1.12 bits per heavy atom. The maximum absolute atomic E-state index is 12.8. The first-order valence-corrected chi connectivity index (χ1v) is 14.1. The number of aliphatic imine (C=N–C) groups is 1.